The van der Waals surface area contributed by atoms with Crippen molar-refractivity contribution in [3.63, 3.8) is 0 Å². The van der Waals surface area contributed by atoms with Crippen LogP contribution in [0, 0.1) is 0 Å². The normalized spacial score (nSPS) is 14.8. The molecular weight excluding hydrogens is 374 g/mol. The van der Waals surface area contributed by atoms with Gasteiger partial charge in [-0.1, -0.05) is 30.3 Å². The fourth-order valence-corrected chi connectivity index (χ4v) is 5.88. The second-order valence-electron chi connectivity index (χ2n) is 6.41. The molecule has 2 aromatic carbocycles. The summed E-state index contributed by atoms with van der Waals surface area (Å²) in [5.74, 6) is 2.39. The summed E-state index contributed by atoms with van der Waals surface area (Å²) in [6.45, 7) is 0. The third-order valence-electron chi connectivity index (χ3n) is 4.29. The summed E-state index contributed by atoms with van der Waals surface area (Å²) in [5.41, 5.74) is 4.02. The van der Waals surface area contributed by atoms with Gasteiger partial charge in [0.2, 0.25) is 5.91 Å². The molecule has 4 nitrogen and oxygen atoms in total. The molecule has 1 aromatic heterocycles. The molecule has 2 heterocycles. The third kappa shape index (κ3) is 4.76. The topological polar surface area (TPSA) is 46.9 Å². The maximum Gasteiger partial charge on any atom is 0.228 e. The van der Waals surface area contributed by atoms with Crippen molar-refractivity contribution in [2.75, 3.05) is 16.8 Å². The molecule has 27 heavy (non-hydrogen) atoms. The summed E-state index contributed by atoms with van der Waals surface area (Å²) >= 11 is 3.97. The molecule has 6 heteroatoms. The van der Waals surface area contributed by atoms with Crippen molar-refractivity contribution in [1.82, 2.24) is 9.78 Å². The Balaban J connectivity index is 1.39. The molecule has 1 fully saturated rings. The highest BCUT2D eigenvalue weighted by molar-refractivity contribution is 8.16. The predicted molar refractivity (Wildman–Crippen MR) is 115 cm³/mol. The fraction of sp³-hybridized carbons (Fsp3) is 0.238. The van der Waals surface area contributed by atoms with E-state index in [0.29, 0.717) is 11.0 Å². The zero-order valence-corrected chi connectivity index (χ0v) is 16.5. The Hall–Kier alpha value is -2.18. The molecule has 0 unspecified atom stereocenters. The van der Waals surface area contributed by atoms with Crippen molar-refractivity contribution in [3.05, 3.63) is 78.1 Å². The number of amides is 1. The fourth-order valence-electron chi connectivity index (χ4n) is 3.01. The summed E-state index contributed by atoms with van der Waals surface area (Å²) in [6.07, 6.45) is 5.24. The van der Waals surface area contributed by atoms with E-state index in [9.17, 15) is 4.79 Å². The molecule has 4 rings (SSSR count). The number of benzene rings is 2. The van der Waals surface area contributed by atoms with Crippen LogP contribution in [0.2, 0.25) is 0 Å². The molecule has 3 aromatic rings. The van der Waals surface area contributed by atoms with Crippen LogP contribution in [-0.2, 0) is 11.2 Å². The Kier molecular flexibility index (Phi) is 5.84. The minimum atomic E-state index is -0.0243. The van der Waals surface area contributed by atoms with Gasteiger partial charge < -0.3 is 5.32 Å². The van der Waals surface area contributed by atoms with Gasteiger partial charge in [-0.15, -0.1) is 23.5 Å². The minimum Gasteiger partial charge on any atom is -0.326 e. The highest BCUT2D eigenvalue weighted by Crippen LogP contribution is 2.44. The van der Waals surface area contributed by atoms with Crippen molar-refractivity contribution >= 4 is 35.1 Å². The third-order valence-corrected chi connectivity index (χ3v) is 7.31. The summed E-state index contributed by atoms with van der Waals surface area (Å²) in [6, 6.07) is 18.1. The molecule has 0 bridgehead atoms. The molecule has 0 atom stereocenters. The minimum absolute atomic E-state index is 0.0243. The van der Waals surface area contributed by atoms with Crippen LogP contribution in [0.4, 0.5) is 5.69 Å². The van der Waals surface area contributed by atoms with E-state index in [4.69, 9.17) is 0 Å². The Labute approximate surface area is 167 Å². The highest BCUT2D eigenvalue weighted by Gasteiger charge is 2.17. The second-order valence-corrected chi connectivity index (χ2v) is 9.13. The van der Waals surface area contributed by atoms with Crippen LogP contribution in [0.25, 0.3) is 5.69 Å². The van der Waals surface area contributed by atoms with Gasteiger partial charge in [0.15, 0.2) is 0 Å². The first-order valence-electron chi connectivity index (χ1n) is 9.00. The molecular formula is C21H21N3OS2. The van der Waals surface area contributed by atoms with E-state index in [1.165, 1.54) is 23.5 Å². The average Bonchev–Trinajstić information content (AvgIpc) is 3.18. The van der Waals surface area contributed by atoms with Crippen molar-refractivity contribution in [2.45, 2.75) is 17.4 Å². The summed E-state index contributed by atoms with van der Waals surface area (Å²) in [4.78, 5) is 12.5. The molecule has 1 N–H and O–H groups in total. The van der Waals surface area contributed by atoms with Crippen molar-refractivity contribution in [1.29, 1.82) is 0 Å². The van der Waals surface area contributed by atoms with E-state index in [-0.39, 0.29) is 5.91 Å². The van der Waals surface area contributed by atoms with Gasteiger partial charge in [0, 0.05) is 11.9 Å². The number of hydrogen-bond acceptors (Lipinski definition) is 4. The SMILES string of the molecule is O=C(Cc1cnn(-c2ccccc2)c1)Nc1cccc(C2SCCCS2)c1. The lowest BCUT2D eigenvalue weighted by Crippen LogP contribution is -2.14. The van der Waals surface area contributed by atoms with Gasteiger partial charge in [-0.05, 0) is 53.3 Å². The van der Waals surface area contributed by atoms with Crippen molar-refractivity contribution in [3.8, 4) is 5.69 Å². The molecule has 1 amide bonds. The molecule has 0 saturated carbocycles. The molecule has 1 saturated heterocycles. The molecule has 0 spiro atoms. The van der Waals surface area contributed by atoms with Crippen molar-refractivity contribution in [2.24, 2.45) is 0 Å². The number of nitrogens with zero attached hydrogens (tertiary/aromatic N) is 2. The van der Waals surface area contributed by atoms with E-state index in [0.717, 1.165) is 16.9 Å². The van der Waals surface area contributed by atoms with Crippen LogP contribution < -0.4 is 5.32 Å². The zero-order valence-electron chi connectivity index (χ0n) is 14.9. The lowest BCUT2D eigenvalue weighted by atomic mass is 10.2. The van der Waals surface area contributed by atoms with E-state index < -0.39 is 0 Å². The van der Waals surface area contributed by atoms with Crippen LogP contribution >= 0.6 is 23.5 Å². The van der Waals surface area contributed by atoms with Gasteiger partial charge in [0.05, 0.1) is 22.9 Å². The largest absolute Gasteiger partial charge is 0.326 e. The Morgan fingerprint density at radius 3 is 2.74 bits per heavy atom. The maximum absolute atomic E-state index is 12.5. The number of anilines is 1. The lowest BCUT2D eigenvalue weighted by molar-refractivity contribution is -0.115. The molecule has 138 valence electrons. The highest BCUT2D eigenvalue weighted by atomic mass is 32.2. The van der Waals surface area contributed by atoms with E-state index in [1.807, 2.05) is 72.2 Å². The second kappa shape index (κ2) is 8.67. The van der Waals surface area contributed by atoms with Gasteiger partial charge in [-0.25, -0.2) is 4.68 Å². The Bertz CT molecular complexity index is 905. The number of rotatable bonds is 5. The Morgan fingerprint density at radius 1 is 1.11 bits per heavy atom. The smallest absolute Gasteiger partial charge is 0.228 e. The molecule has 1 aliphatic rings. The molecule has 0 radical (unpaired) electrons. The van der Waals surface area contributed by atoms with E-state index >= 15 is 0 Å². The quantitative estimate of drug-likeness (QED) is 0.666. The first-order valence-corrected chi connectivity index (χ1v) is 11.1. The van der Waals surface area contributed by atoms with E-state index in [1.54, 1.807) is 10.9 Å². The number of nitrogens with one attached hydrogen (secondary N) is 1. The van der Waals surface area contributed by atoms with Crippen LogP contribution in [0.5, 0.6) is 0 Å². The van der Waals surface area contributed by atoms with Gasteiger partial charge in [-0.3, -0.25) is 4.79 Å². The van der Waals surface area contributed by atoms with Crippen LogP contribution in [0.3, 0.4) is 0 Å². The average molecular weight is 396 g/mol. The van der Waals surface area contributed by atoms with Gasteiger partial charge in [0.1, 0.15) is 0 Å². The van der Waals surface area contributed by atoms with Crippen molar-refractivity contribution < 1.29 is 4.79 Å². The zero-order chi connectivity index (χ0) is 18.5. The number of carbonyl (C=O) groups excluding carboxylic acids is 1. The summed E-state index contributed by atoms with van der Waals surface area (Å²) in [5, 5.41) is 7.38. The van der Waals surface area contributed by atoms with Crippen LogP contribution in [-0.4, -0.2) is 27.2 Å². The van der Waals surface area contributed by atoms with Crippen LogP contribution in [0.1, 0.15) is 22.1 Å². The number of aromatic nitrogens is 2. The maximum atomic E-state index is 12.5. The number of carbonyl (C=O) groups is 1. The first-order chi connectivity index (χ1) is 13.3. The monoisotopic (exact) mass is 395 g/mol. The summed E-state index contributed by atoms with van der Waals surface area (Å²) < 4.78 is 2.26. The Morgan fingerprint density at radius 2 is 1.93 bits per heavy atom. The standard InChI is InChI=1S/C21H21N3OS2/c25-20(12-16-14-22-24(15-16)19-8-2-1-3-9-19)23-18-7-4-6-17(13-18)21-26-10-5-11-27-21/h1-4,6-9,13-15,21H,5,10-12H2,(H,23,25). The number of para-hydroxylation sites is 1. The number of hydrogen-bond donors (Lipinski definition) is 1. The first kappa shape index (κ1) is 18.2. The number of thioether (sulfide) groups is 2. The van der Waals surface area contributed by atoms with E-state index in [2.05, 4.69) is 22.5 Å². The predicted octanol–water partition coefficient (Wildman–Crippen LogP) is 4.92. The molecule has 1 aliphatic heterocycles. The van der Waals surface area contributed by atoms with Gasteiger partial charge in [0.25, 0.3) is 0 Å². The van der Waals surface area contributed by atoms with Gasteiger partial charge >= 0.3 is 0 Å². The summed E-state index contributed by atoms with van der Waals surface area (Å²) in [7, 11) is 0. The van der Waals surface area contributed by atoms with Crippen LogP contribution in [0.15, 0.2) is 67.0 Å². The van der Waals surface area contributed by atoms with Gasteiger partial charge in [-0.2, -0.15) is 5.10 Å². The lowest BCUT2D eigenvalue weighted by Gasteiger charge is -2.21. The molecule has 0 aliphatic carbocycles.